The number of β-amino-alcohol motifs (C(OH)–C–C–N with tert-alkyl or cyclic N) is 1. The molecule has 3 rings (SSSR count). The molecule has 31 heavy (non-hydrogen) atoms. The molecule has 2 saturated heterocycles. The van der Waals surface area contributed by atoms with Crippen molar-refractivity contribution in [2.45, 2.75) is 45.4 Å². The van der Waals surface area contributed by atoms with Gasteiger partial charge >= 0.3 is 6.03 Å². The van der Waals surface area contributed by atoms with Gasteiger partial charge in [-0.05, 0) is 31.7 Å². The number of aliphatic hydroxyl groups excluding tert-OH is 1. The fourth-order valence-corrected chi connectivity index (χ4v) is 4.22. The molecule has 0 spiro atoms. The predicted molar refractivity (Wildman–Crippen MR) is 117 cm³/mol. The minimum atomic E-state index is -0.801. The summed E-state index contributed by atoms with van der Waals surface area (Å²) in [6.45, 7) is 5.11. The van der Waals surface area contributed by atoms with E-state index in [2.05, 4.69) is 41.4 Å². The molecule has 1 unspecified atom stereocenters. The van der Waals surface area contributed by atoms with Crippen molar-refractivity contribution in [2.75, 3.05) is 39.3 Å². The molecular formula is C23H34N4O4. The van der Waals surface area contributed by atoms with E-state index in [1.165, 1.54) is 11.1 Å². The normalized spacial score (nSPS) is 20.9. The highest BCUT2D eigenvalue weighted by Crippen LogP contribution is 2.21. The number of unbranched alkanes of at least 4 members (excludes halogenated alkanes) is 3. The maximum atomic E-state index is 12.9. The SMILES string of the molecule is Cc1ccc(CCCCCCC2C(=O)NC(=O)N(N3CCN(CCO)CC3)C2=O)cc1. The lowest BCUT2D eigenvalue weighted by Crippen LogP contribution is -2.66. The van der Waals surface area contributed by atoms with E-state index in [4.69, 9.17) is 5.11 Å². The van der Waals surface area contributed by atoms with Crippen LogP contribution in [0.3, 0.4) is 0 Å². The zero-order chi connectivity index (χ0) is 22.2. The number of hydrazine groups is 1. The van der Waals surface area contributed by atoms with Crippen molar-refractivity contribution in [3.63, 3.8) is 0 Å². The fourth-order valence-electron chi connectivity index (χ4n) is 4.22. The number of urea groups is 1. The van der Waals surface area contributed by atoms with Crippen LogP contribution in [0.4, 0.5) is 4.79 Å². The van der Waals surface area contributed by atoms with E-state index < -0.39 is 23.8 Å². The van der Waals surface area contributed by atoms with E-state index >= 15 is 0 Å². The van der Waals surface area contributed by atoms with Gasteiger partial charge in [0.05, 0.1) is 6.61 Å². The summed E-state index contributed by atoms with van der Waals surface area (Å²) in [5.41, 5.74) is 2.60. The lowest BCUT2D eigenvalue weighted by Gasteiger charge is -2.42. The summed E-state index contributed by atoms with van der Waals surface area (Å²) in [7, 11) is 0. The summed E-state index contributed by atoms with van der Waals surface area (Å²) in [6.07, 6.45) is 5.36. The molecule has 1 aromatic rings. The molecule has 1 aromatic carbocycles. The molecule has 8 heteroatoms. The Kier molecular flexibility index (Phi) is 8.57. The van der Waals surface area contributed by atoms with Gasteiger partial charge in [0, 0.05) is 32.7 Å². The van der Waals surface area contributed by atoms with Crippen LogP contribution in [0.5, 0.6) is 0 Å². The minimum absolute atomic E-state index is 0.0880. The number of aryl methyl sites for hydroxylation is 2. The summed E-state index contributed by atoms with van der Waals surface area (Å²) >= 11 is 0. The van der Waals surface area contributed by atoms with Crippen LogP contribution in [-0.2, 0) is 16.0 Å². The molecule has 4 amide bonds. The molecule has 0 aliphatic carbocycles. The molecule has 2 aliphatic heterocycles. The number of barbiturate groups is 1. The van der Waals surface area contributed by atoms with Crippen molar-refractivity contribution in [2.24, 2.45) is 5.92 Å². The van der Waals surface area contributed by atoms with Crippen LogP contribution in [0.1, 0.15) is 43.2 Å². The second-order valence-electron chi connectivity index (χ2n) is 8.45. The Hall–Kier alpha value is -2.29. The number of hydrogen-bond acceptors (Lipinski definition) is 6. The Balaban J connectivity index is 1.42. The van der Waals surface area contributed by atoms with Gasteiger partial charge in [0.2, 0.25) is 5.91 Å². The molecule has 0 saturated carbocycles. The highest BCUT2D eigenvalue weighted by molar-refractivity contribution is 6.15. The van der Waals surface area contributed by atoms with Gasteiger partial charge in [0.1, 0.15) is 5.92 Å². The number of imide groups is 2. The Morgan fingerprint density at radius 2 is 1.65 bits per heavy atom. The summed E-state index contributed by atoms with van der Waals surface area (Å²) in [5.74, 6) is -1.70. The maximum absolute atomic E-state index is 12.9. The van der Waals surface area contributed by atoms with Crippen molar-refractivity contribution in [1.82, 2.24) is 20.2 Å². The number of amides is 4. The number of carbonyl (C=O) groups excluding carboxylic acids is 3. The minimum Gasteiger partial charge on any atom is -0.395 e. The molecule has 0 radical (unpaired) electrons. The number of carbonyl (C=O) groups is 3. The van der Waals surface area contributed by atoms with Crippen LogP contribution >= 0.6 is 0 Å². The molecule has 2 fully saturated rings. The Morgan fingerprint density at radius 1 is 0.968 bits per heavy atom. The first-order valence-corrected chi connectivity index (χ1v) is 11.3. The highest BCUT2D eigenvalue weighted by atomic mass is 16.3. The Morgan fingerprint density at radius 3 is 2.32 bits per heavy atom. The van der Waals surface area contributed by atoms with Crippen LogP contribution in [-0.4, -0.2) is 77.2 Å². The first kappa shape index (κ1) is 23.4. The Bertz CT molecular complexity index is 759. The molecule has 170 valence electrons. The van der Waals surface area contributed by atoms with Gasteiger partial charge in [0.15, 0.2) is 0 Å². The lowest BCUT2D eigenvalue weighted by molar-refractivity contribution is -0.156. The van der Waals surface area contributed by atoms with Crippen molar-refractivity contribution < 1.29 is 19.5 Å². The zero-order valence-electron chi connectivity index (χ0n) is 18.4. The van der Waals surface area contributed by atoms with Crippen molar-refractivity contribution in [3.8, 4) is 0 Å². The van der Waals surface area contributed by atoms with Gasteiger partial charge in [-0.25, -0.2) is 9.80 Å². The first-order chi connectivity index (χ1) is 15.0. The topological polar surface area (TPSA) is 93.2 Å². The maximum Gasteiger partial charge on any atom is 0.345 e. The second-order valence-corrected chi connectivity index (χ2v) is 8.45. The molecule has 8 nitrogen and oxygen atoms in total. The number of rotatable bonds is 10. The first-order valence-electron chi connectivity index (χ1n) is 11.3. The second kappa shape index (κ2) is 11.4. The number of nitrogens with one attached hydrogen (secondary N) is 1. The number of aliphatic hydroxyl groups is 1. The number of nitrogens with zero attached hydrogens (tertiary/aromatic N) is 3. The van der Waals surface area contributed by atoms with Gasteiger partial charge in [-0.2, -0.15) is 5.01 Å². The van der Waals surface area contributed by atoms with Crippen molar-refractivity contribution in [3.05, 3.63) is 35.4 Å². The van der Waals surface area contributed by atoms with Crippen LogP contribution in [0, 0.1) is 12.8 Å². The summed E-state index contributed by atoms with van der Waals surface area (Å²) in [4.78, 5) is 39.6. The zero-order valence-corrected chi connectivity index (χ0v) is 18.4. The van der Waals surface area contributed by atoms with E-state index in [9.17, 15) is 14.4 Å². The molecule has 0 aromatic heterocycles. The molecule has 0 bridgehead atoms. The van der Waals surface area contributed by atoms with Gasteiger partial charge < -0.3 is 5.11 Å². The number of benzene rings is 1. The molecule has 2 N–H and O–H groups in total. The average Bonchev–Trinajstić information content (AvgIpc) is 2.75. The molecular weight excluding hydrogens is 396 g/mol. The summed E-state index contributed by atoms with van der Waals surface area (Å²) < 4.78 is 0. The number of piperazine rings is 1. The van der Waals surface area contributed by atoms with Gasteiger partial charge in [-0.1, -0.05) is 49.1 Å². The van der Waals surface area contributed by atoms with Crippen LogP contribution in [0.25, 0.3) is 0 Å². The van der Waals surface area contributed by atoms with Gasteiger partial charge in [-0.15, -0.1) is 0 Å². The van der Waals surface area contributed by atoms with E-state index in [1.807, 2.05) is 0 Å². The average molecular weight is 431 g/mol. The molecule has 1 atom stereocenters. The quantitative estimate of drug-likeness (QED) is 0.434. The largest absolute Gasteiger partial charge is 0.395 e. The summed E-state index contributed by atoms with van der Waals surface area (Å²) in [6, 6.07) is 7.93. The highest BCUT2D eigenvalue weighted by Gasteiger charge is 2.43. The van der Waals surface area contributed by atoms with E-state index in [0.717, 1.165) is 37.1 Å². The third-order valence-electron chi connectivity index (χ3n) is 6.12. The molecule has 2 heterocycles. The van der Waals surface area contributed by atoms with Gasteiger partial charge in [0.25, 0.3) is 5.91 Å². The third kappa shape index (κ3) is 6.35. The van der Waals surface area contributed by atoms with Crippen LogP contribution < -0.4 is 5.32 Å². The van der Waals surface area contributed by atoms with Crippen molar-refractivity contribution in [1.29, 1.82) is 0 Å². The fraction of sp³-hybridized carbons (Fsp3) is 0.609. The van der Waals surface area contributed by atoms with Crippen molar-refractivity contribution >= 4 is 17.8 Å². The molecule has 2 aliphatic rings. The van der Waals surface area contributed by atoms with E-state index in [-0.39, 0.29) is 6.61 Å². The smallest absolute Gasteiger partial charge is 0.345 e. The number of hydrogen-bond donors (Lipinski definition) is 2. The lowest BCUT2D eigenvalue weighted by atomic mass is 9.96. The van der Waals surface area contributed by atoms with Crippen LogP contribution in [0.2, 0.25) is 0 Å². The van der Waals surface area contributed by atoms with E-state index in [1.54, 1.807) is 5.01 Å². The predicted octanol–water partition coefficient (Wildman–Crippen LogP) is 1.71. The van der Waals surface area contributed by atoms with Gasteiger partial charge in [-0.3, -0.25) is 19.8 Å². The van der Waals surface area contributed by atoms with E-state index in [0.29, 0.717) is 39.1 Å². The standard InChI is InChI=1S/C23H34N4O4/c1-18-8-10-19(11-9-18)6-4-2-3-5-7-20-21(29)24-23(31)27(22(20)30)26-14-12-25(13-15-26)16-17-28/h8-11,20,28H,2-7,12-17H2,1H3,(H,24,29,31). The summed E-state index contributed by atoms with van der Waals surface area (Å²) in [5, 5.41) is 14.3. The Labute approximate surface area is 184 Å². The third-order valence-corrected chi connectivity index (χ3v) is 6.12. The monoisotopic (exact) mass is 430 g/mol. The van der Waals surface area contributed by atoms with Crippen LogP contribution in [0.15, 0.2) is 24.3 Å².